The first-order chi connectivity index (χ1) is 14.3. The molecule has 0 spiro atoms. The van der Waals surface area contributed by atoms with E-state index in [1.807, 2.05) is 52.4 Å². The third-order valence-electron chi connectivity index (χ3n) is 4.17. The Morgan fingerprint density at radius 1 is 1.30 bits per heavy atom. The number of benzene rings is 1. The molecule has 0 aliphatic rings. The van der Waals surface area contributed by atoms with Gasteiger partial charge in [0, 0.05) is 19.0 Å². The van der Waals surface area contributed by atoms with Crippen LogP contribution in [0.25, 0.3) is 11.3 Å². The molecule has 0 radical (unpaired) electrons. The van der Waals surface area contributed by atoms with Crippen molar-refractivity contribution in [2.24, 2.45) is 5.92 Å². The zero-order chi connectivity index (χ0) is 22.8. The van der Waals surface area contributed by atoms with Crippen molar-refractivity contribution in [3.05, 3.63) is 46.7 Å². The van der Waals surface area contributed by atoms with Gasteiger partial charge in [0.25, 0.3) is 0 Å². The molecule has 2 rings (SSSR count). The van der Waals surface area contributed by atoms with Crippen molar-refractivity contribution < 1.29 is 10.2 Å². The number of aliphatic hydroxyl groups excluding tert-OH is 2. The van der Waals surface area contributed by atoms with Gasteiger partial charge in [-0.3, -0.25) is 9.67 Å². The Hall–Kier alpha value is -2.03. The van der Waals surface area contributed by atoms with Gasteiger partial charge in [0.2, 0.25) is 0 Å². The van der Waals surface area contributed by atoms with Gasteiger partial charge >= 0.3 is 0 Å². The molecule has 2 aromatic rings. The van der Waals surface area contributed by atoms with E-state index in [2.05, 4.69) is 35.0 Å². The predicted octanol–water partition coefficient (Wildman–Crippen LogP) is 5.61. The second kappa shape index (κ2) is 12.6. The number of aliphatic hydroxyl groups is 2. The number of nitrogens with one attached hydrogen (secondary N) is 1. The van der Waals surface area contributed by atoms with Crippen LogP contribution in [-0.4, -0.2) is 51.9 Å². The standard InChI is InChI=1S/C20H28N4O2S2.C2H6/c1-13(2)6-8-15(17(26)10-11-25)19-21-22-20(27)24(19)14-7-9-18(28-5)16(12-14)23(3)4;1-2/h7-10,12-13,25-26H,6,11H2,1-5H3,(H,22,27);1-2H3/b15-8+,17-10+;. The fourth-order valence-corrected chi connectivity index (χ4v) is 3.64. The number of thioether (sulfide) groups is 1. The monoisotopic (exact) mass is 450 g/mol. The summed E-state index contributed by atoms with van der Waals surface area (Å²) in [6, 6.07) is 6.09. The van der Waals surface area contributed by atoms with E-state index in [-0.39, 0.29) is 12.4 Å². The lowest BCUT2D eigenvalue weighted by Gasteiger charge is -2.18. The lowest BCUT2D eigenvalue weighted by atomic mass is 10.1. The van der Waals surface area contributed by atoms with Gasteiger partial charge in [-0.05, 0) is 55.1 Å². The van der Waals surface area contributed by atoms with Crippen LogP contribution in [0.3, 0.4) is 0 Å². The van der Waals surface area contributed by atoms with Crippen LogP contribution in [0.1, 0.15) is 39.9 Å². The van der Waals surface area contributed by atoms with E-state index in [0.29, 0.717) is 22.1 Å². The quantitative estimate of drug-likeness (QED) is 0.210. The van der Waals surface area contributed by atoms with Crippen molar-refractivity contribution in [1.82, 2.24) is 14.8 Å². The van der Waals surface area contributed by atoms with Gasteiger partial charge in [-0.1, -0.05) is 33.8 Å². The summed E-state index contributed by atoms with van der Waals surface area (Å²) in [4.78, 5) is 3.21. The molecule has 30 heavy (non-hydrogen) atoms. The molecule has 1 heterocycles. The average Bonchev–Trinajstić information content (AvgIpc) is 3.10. The predicted molar refractivity (Wildman–Crippen MR) is 131 cm³/mol. The van der Waals surface area contributed by atoms with Gasteiger partial charge < -0.3 is 15.1 Å². The van der Waals surface area contributed by atoms with E-state index in [4.69, 9.17) is 12.2 Å². The Labute approximate surface area is 189 Å². The summed E-state index contributed by atoms with van der Waals surface area (Å²) in [5, 5.41) is 26.9. The summed E-state index contributed by atoms with van der Waals surface area (Å²) in [7, 11) is 4.00. The van der Waals surface area contributed by atoms with Crippen molar-refractivity contribution >= 4 is 35.2 Å². The Morgan fingerprint density at radius 3 is 2.50 bits per heavy atom. The fourth-order valence-electron chi connectivity index (χ4n) is 2.74. The Balaban J connectivity index is 0.00000218. The average molecular weight is 451 g/mol. The number of H-pyrrole nitrogens is 1. The molecule has 0 aliphatic heterocycles. The highest BCUT2D eigenvalue weighted by atomic mass is 32.2. The van der Waals surface area contributed by atoms with Crippen LogP contribution < -0.4 is 4.90 Å². The molecule has 0 bridgehead atoms. The highest BCUT2D eigenvalue weighted by Crippen LogP contribution is 2.31. The first-order valence-electron chi connectivity index (χ1n) is 10.0. The maximum absolute atomic E-state index is 10.5. The minimum absolute atomic E-state index is 0.0213. The zero-order valence-corrected chi connectivity index (χ0v) is 20.6. The minimum atomic E-state index is -0.261. The van der Waals surface area contributed by atoms with Crippen LogP contribution in [0.2, 0.25) is 0 Å². The van der Waals surface area contributed by atoms with E-state index < -0.39 is 0 Å². The normalized spacial score (nSPS) is 12.0. The van der Waals surface area contributed by atoms with Crippen LogP contribution in [0, 0.1) is 10.7 Å². The smallest absolute Gasteiger partial charge is 0.200 e. The lowest BCUT2D eigenvalue weighted by Crippen LogP contribution is -2.11. The maximum atomic E-state index is 10.5. The third-order valence-corrected chi connectivity index (χ3v) is 5.23. The van der Waals surface area contributed by atoms with Crippen molar-refractivity contribution in [3.8, 4) is 5.69 Å². The highest BCUT2D eigenvalue weighted by molar-refractivity contribution is 7.98. The molecular weight excluding hydrogens is 416 g/mol. The van der Waals surface area contributed by atoms with Crippen LogP contribution in [0.5, 0.6) is 0 Å². The number of hydrogen-bond donors (Lipinski definition) is 3. The third kappa shape index (κ3) is 6.48. The molecule has 166 valence electrons. The van der Waals surface area contributed by atoms with Crippen LogP contribution in [-0.2, 0) is 0 Å². The van der Waals surface area contributed by atoms with Crippen LogP contribution >= 0.6 is 24.0 Å². The first-order valence-corrected chi connectivity index (χ1v) is 11.7. The van der Waals surface area contributed by atoms with Crippen molar-refractivity contribution in [2.75, 3.05) is 31.9 Å². The lowest BCUT2D eigenvalue weighted by molar-refractivity contribution is 0.333. The van der Waals surface area contributed by atoms with Gasteiger partial charge in [-0.25, -0.2) is 0 Å². The molecule has 0 saturated heterocycles. The number of rotatable bonds is 8. The number of hydrogen-bond acceptors (Lipinski definition) is 6. The summed E-state index contributed by atoms with van der Waals surface area (Å²) in [5.74, 6) is 0.898. The number of aromatic nitrogens is 3. The van der Waals surface area contributed by atoms with E-state index in [1.165, 1.54) is 6.08 Å². The fraction of sp³-hybridized carbons (Fsp3) is 0.455. The summed E-state index contributed by atoms with van der Waals surface area (Å²) in [5.41, 5.74) is 2.46. The molecule has 6 nitrogen and oxygen atoms in total. The molecule has 0 unspecified atom stereocenters. The topological polar surface area (TPSA) is 77.3 Å². The maximum Gasteiger partial charge on any atom is 0.200 e. The Kier molecular flexibility index (Phi) is 10.9. The van der Waals surface area contributed by atoms with Gasteiger partial charge in [0.15, 0.2) is 10.6 Å². The van der Waals surface area contributed by atoms with Gasteiger partial charge in [-0.2, -0.15) is 5.10 Å². The number of aromatic amines is 1. The molecule has 1 aromatic heterocycles. The Morgan fingerprint density at radius 2 is 1.97 bits per heavy atom. The molecule has 8 heteroatoms. The SMILES string of the molecule is CC.CSc1ccc(-n2c(C(=C/CC(C)C)/C(O)=C\CO)n[nH]c2=S)cc1N(C)C. The van der Waals surface area contributed by atoms with Crippen molar-refractivity contribution in [1.29, 1.82) is 0 Å². The zero-order valence-electron chi connectivity index (χ0n) is 18.9. The summed E-state index contributed by atoms with van der Waals surface area (Å²) in [6.07, 6.45) is 6.08. The molecule has 0 fully saturated rings. The van der Waals surface area contributed by atoms with Crippen LogP contribution in [0.4, 0.5) is 5.69 Å². The molecule has 0 saturated carbocycles. The molecule has 0 aliphatic carbocycles. The molecular formula is C22H34N4O2S2. The number of anilines is 1. The van der Waals surface area contributed by atoms with Gasteiger partial charge in [-0.15, -0.1) is 11.8 Å². The first kappa shape index (κ1) is 26.0. The summed E-state index contributed by atoms with van der Waals surface area (Å²) < 4.78 is 2.24. The summed E-state index contributed by atoms with van der Waals surface area (Å²) in [6.45, 7) is 7.94. The van der Waals surface area contributed by atoms with E-state index in [1.54, 1.807) is 16.3 Å². The van der Waals surface area contributed by atoms with E-state index in [0.717, 1.165) is 22.7 Å². The van der Waals surface area contributed by atoms with Gasteiger partial charge in [0.1, 0.15) is 5.76 Å². The Bertz CT molecular complexity index is 927. The minimum Gasteiger partial charge on any atom is -0.507 e. The largest absolute Gasteiger partial charge is 0.507 e. The highest BCUT2D eigenvalue weighted by Gasteiger charge is 2.18. The molecule has 3 N–H and O–H groups in total. The van der Waals surface area contributed by atoms with E-state index >= 15 is 0 Å². The van der Waals surface area contributed by atoms with Crippen LogP contribution in [0.15, 0.2) is 41.0 Å². The van der Waals surface area contributed by atoms with E-state index in [9.17, 15) is 10.2 Å². The second-order valence-corrected chi connectivity index (χ2v) is 8.19. The van der Waals surface area contributed by atoms with Crippen molar-refractivity contribution in [3.63, 3.8) is 0 Å². The molecule has 0 amide bonds. The summed E-state index contributed by atoms with van der Waals surface area (Å²) >= 11 is 7.16. The van der Waals surface area contributed by atoms with Crippen molar-refractivity contribution in [2.45, 2.75) is 39.0 Å². The molecule has 1 aromatic carbocycles. The number of nitrogens with zero attached hydrogens (tertiary/aromatic N) is 3. The van der Waals surface area contributed by atoms with Gasteiger partial charge in [0.05, 0.1) is 23.6 Å². The number of allylic oxidation sites excluding steroid dienone is 2. The second-order valence-electron chi connectivity index (χ2n) is 6.96. The molecule has 0 atom stereocenters.